The van der Waals surface area contributed by atoms with Crippen LogP contribution in [0.25, 0.3) is 10.9 Å². The van der Waals surface area contributed by atoms with E-state index in [0.29, 0.717) is 12.0 Å². The van der Waals surface area contributed by atoms with Crippen molar-refractivity contribution >= 4 is 40.6 Å². The van der Waals surface area contributed by atoms with Gasteiger partial charge < -0.3 is 43.2 Å². The van der Waals surface area contributed by atoms with Crippen molar-refractivity contribution in [3.05, 3.63) is 71.9 Å². The van der Waals surface area contributed by atoms with Gasteiger partial charge in [0.25, 0.3) is 0 Å². The van der Waals surface area contributed by atoms with Gasteiger partial charge in [-0.1, -0.05) is 62.4 Å². The first-order chi connectivity index (χ1) is 21.0. The number of H-pyrrole nitrogens is 1. The molecular formula is C31H42N8O5. The van der Waals surface area contributed by atoms with Gasteiger partial charge in [-0.25, -0.2) is 4.79 Å². The first kappa shape index (κ1) is 33.6. The predicted molar refractivity (Wildman–Crippen MR) is 168 cm³/mol. The monoisotopic (exact) mass is 606 g/mol. The zero-order chi connectivity index (χ0) is 32.2. The van der Waals surface area contributed by atoms with E-state index >= 15 is 0 Å². The number of nitrogens with one attached hydrogen (secondary N) is 4. The van der Waals surface area contributed by atoms with Crippen LogP contribution in [-0.4, -0.2) is 70.5 Å². The van der Waals surface area contributed by atoms with E-state index < -0.39 is 47.9 Å². The van der Waals surface area contributed by atoms with Crippen LogP contribution >= 0.6 is 0 Å². The van der Waals surface area contributed by atoms with E-state index in [9.17, 15) is 24.3 Å². The lowest BCUT2D eigenvalue weighted by atomic mass is 10.0. The molecule has 3 aromatic rings. The summed E-state index contributed by atoms with van der Waals surface area (Å²) in [6.45, 7) is 3.78. The van der Waals surface area contributed by atoms with Crippen LogP contribution in [0.1, 0.15) is 37.8 Å². The van der Waals surface area contributed by atoms with Crippen molar-refractivity contribution in [3.8, 4) is 0 Å². The minimum Gasteiger partial charge on any atom is -0.480 e. The molecule has 2 aromatic carbocycles. The molecule has 0 fully saturated rings. The van der Waals surface area contributed by atoms with Gasteiger partial charge in [-0.3, -0.25) is 19.4 Å². The van der Waals surface area contributed by atoms with Crippen LogP contribution in [0.15, 0.2) is 65.8 Å². The molecular weight excluding hydrogens is 564 g/mol. The third kappa shape index (κ3) is 9.83. The van der Waals surface area contributed by atoms with Crippen LogP contribution in [-0.2, 0) is 32.0 Å². The van der Waals surface area contributed by atoms with Gasteiger partial charge in [0.15, 0.2) is 5.96 Å². The lowest BCUT2D eigenvalue weighted by Gasteiger charge is -2.26. The predicted octanol–water partition coefficient (Wildman–Crippen LogP) is 0.529. The van der Waals surface area contributed by atoms with Gasteiger partial charge >= 0.3 is 5.97 Å². The number of carbonyl (C=O) groups excluding carboxylic acids is 3. The molecule has 0 aliphatic rings. The number of aliphatic carboxylic acids is 1. The van der Waals surface area contributed by atoms with Crippen molar-refractivity contribution in [3.63, 3.8) is 0 Å². The Kier molecular flexibility index (Phi) is 12.3. The number of rotatable bonds is 16. The number of nitrogens with two attached hydrogens (primary N) is 3. The molecule has 13 heteroatoms. The topological polar surface area (TPSA) is 231 Å². The molecule has 0 saturated heterocycles. The summed E-state index contributed by atoms with van der Waals surface area (Å²) in [5.41, 5.74) is 19.2. The molecule has 0 radical (unpaired) electrons. The summed E-state index contributed by atoms with van der Waals surface area (Å²) in [5, 5.41) is 18.8. The summed E-state index contributed by atoms with van der Waals surface area (Å²) >= 11 is 0. The molecule has 44 heavy (non-hydrogen) atoms. The smallest absolute Gasteiger partial charge is 0.326 e. The molecule has 0 bridgehead atoms. The molecule has 1 heterocycles. The molecule has 0 aliphatic carbocycles. The highest BCUT2D eigenvalue weighted by Crippen LogP contribution is 2.19. The molecule has 0 spiro atoms. The number of fused-ring (bicyclic) bond motifs is 1. The van der Waals surface area contributed by atoms with Crippen molar-refractivity contribution < 1.29 is 24.3 Å². The Labute approximate surface area is 256 Å². The van der Waals surface area contributed by atoms with Gasteiger partial charge in [0.2, 0.25) is 17.7 Å². The van der Waals surface area contributed by atoms with Crippen molar-refractivity contribution in [1.29, 1.82) is 0 Å². The third-order valence-electron chi connectivity index (χ3n) is 7.23. The molecule has 4 unspecified atom stereocenters. The fraction of sp³-hybridized carbons (Fsp3) is 0.387. The summed E-state index contributed by atoms with van der Waals surface area (Å²) in [6.07, 6.45) is 2.28. The summed E-state index contributed by atoms with van der Waals surface area (Å²) in [5.74, 6) is -3.34. The SMILES string of the molecule is CC(C)C(N)C(=O)NC(Cc1ccccc1)C(=O)NC(CCCN=C(N)N)C(=O)NC(Cc1c[nH]c2ccccc12)C(=O)O. The Hall–Kier alpha value is -4.91. The number of carboxylic acid groups (broad SMARTS) is 1. The largest absolute Gasteiger partial charge is 0.480 e. The zero-order valence-corrected chi connectivity index (χ0v) is 25.0. The van der Waals surface area contributed by atoms with Crippen LogP contribution in [0.5, 0.6) is 0 Å². The molecule has 1 aromatic heterocycles. The van der Waals surface area contributed by atoms with Gasteiger partial charge in [-0.15, -0.1) is 0 Å². The highest BCUT2D eigenvalue weighted by molar-refractivity contribution is 5.94. The Morgan fingerprint density at radius 1 is 0.841 bits per heavy atom. The van der Waals surface area contributed by atoms with Gasteiger partial charge in [-0.05, 0) is 36.0 Å². The van der Waals surface area contributed by atoms with Gasteiger partial charge in [-0.2, -0.15) is 0 Å². The second-order valence-electron chi connectivity index (χ2n) is 11.0. The average Bonchev–Trinajstić information content (AvgIpc) is 3.40. The van der Waals surface area contributed by atoms with E-state index in [1.54, 1.807) is 20.0 Å². The Bertz CT molecular complexity index is 1450. The first-order valence-corrected chi connectivity index (χ1v) is 14.5. The van der Waals surface area contributed by atoms with Crippen molar-refractivity contribution in [2.45, 2.75) is 63.7 Å². The standard InChI is InChI=1S/C31H42N8O5/c1-18(2)26(32)29(42)38-24(15-19-9-4-3-5-10-19)28(41)37-23(13-8-14-35-31(33)34)27(40)39-25(30(43)44)16-20-17-36-22-12-7-6-11-21(20)22/h3-7,9-12,17-18,23-26,36H,8,13-16,32H2,1-2H3,(H,37,41)(H,38,42)(H,39,40)(H,43,44)(H4,33,34,35). The Morgan fingerprint density at radius 2 is 1.45 bits per heavy atom. The van der Waals surface area contributed by atoms with Gasteiger partial charge in [0.05, 0.1) is 6.04 Å². The molecule has 0 aliphatic heterocycles. The maximum atomic E-state index is 13.6. The van der Waals surface area contributed by atoms with E-state index in [1.165, 1.54) is 0 Å². The van der Waals surface area contributed by atoms with Crippen LogP contribution in [0.3, 0.4) is 0 Å². The number of aromatic nitrogens is 1. The van der Waals surface area contributed by atoms with E-state index in [-0.39, 0.29) is 37.7 Å². The lowest BCUT2D eigenvalue weighted by Crippen LogP contribution is -2.58. The summed E-state index contributed by atoms with van der Waals surface area (Å²) in [4.78, 5) is 59.2. The maximum Gasteiger partial charge on any atom is 0.326 e. The number of hydrogen-bond acceptors (Lipinski definition) is 6. The second kappa shape index (κ2) is 16.1. The molecule has 0 saturated carbocycles. The number of aromatic amines is 1. The van der Waals surface area contributed by atoms with E-state index in [2.05, 4.69) is 25.9 Å². The molecule has 13 nitrogen and oxygen atoms in total. The fourth-order valence-electron chi connectivity index (χ4n) is 4.67. The highest BCUT2D eigenvalue weighted by atomic mass is 16.4. The average molecular weight is 607 g/mol. The number of benzene rings is 2. The summed E-state index contributed by atoms with van der Waals surface area (Å²) < 4.78 is 0. The number of hydrogen-bond donors (Lipinski definition) is 8. The van der Waals surface area contributed by atoms with Crippen molar-refractivity contribution in [1.82, 2.24) is 20.9 Å². The van der Waals surface area contributed by atoms with Crippen LogP contribution < -0.4 is 33.2 Å². The first-order valence-electron chi connectivity index (χ1n) is 14.5. The Balaban J connectivity index is 1.81. The van der Waals surface area contributed by atoms with E-state index in [1.807, 2.05) is 54.6 Å². The molecule has 11 N–H and O–H groups in total. The molecule has 4 atom stereocenters. The van der Waals surface area contributed by atoms with Crippen LogP contribution in [0.2, 0.25) is 0 Å². The van der Waals surface area contributed by atoms with Crippen molar-refractivity contribution in [2.24, 2.45) is 28.1 Å². The lowest BCUT2D eigenvalue weighted by molar-refractivity contribution is -0.142. The number of carboxylic acids is 1. The number of carbonyl (C=O) groups is 4. The van der Waals surface area contributed by atoms with Gasteiger partial charge in [0.1, 0.15) is 18.1 Å². The molecule has 236 valence electrons. The normalized spacial score (nSPS) is 13.8. The minimum absolute atomic E-state index is 0.0134. The molecule has 3 rings (SSSR count). The number of amides is 3. The fourth-order valence-corrected chi connectivity index (χ4v) is 4.67. The number of guanidine groups is 1. The number of aliphatic imine (C=N–C) groups is 1. The van der Waals surface area contributed by atoms with E-state index in [0.717, 1.165) is 16.5 Å². The van der Waals surface area contributed by atoms with E-state index in [4.69, 9.17) is 17.2 Å². The minimum atomic E-state index is -1.28. The number of para-hydroxylation sites is 1. The van der Waals surface area contributed by atoms with Crippen LogP contribution in [0, 0.1) is 5.92 Å². The zero-order valence-electron chi connectivity index (χ0n) is 25.0. The molecule has 3 amide bonds. The maximum absolute atomic E-state index is 13.6. The Morgan fingerprint density at radius 3 is 2.11 bits per heavy atom. The van der Waals surface area contributed by atoms with Crippen molar-refractivity contribution in [2.75, 3.05) is 6.54 Å². The third-order valence-corrected chi connectivity index (χ3v) is 7.23. The quantitative estimate of drug-likeness (QED) is 0.0649. The van der Waals surface area contributed by atoms with Crippen LogP contribution in [0.4, 0.5) is 0 Å². The highest BCUT2D eigenvalue weighted by Gasteiger charge is 2.31. The summed E-state index contributed by atoms with van der Waals surface area (Å²) in [7, 11) is 0. The summed E-state index contributed by atoms with van der Waals surface area (Å²) in [6, 6.07) is 12.2. The second-order valence-corrected chi connectivity index (χ2v) is 11.0. The van der Waals surface area contributed by atoms with Gasteiger partial charge in [0, 0.05) is 36.5 Å². The number of nitrogens with zero attached hydrogens (tertiary/aromatic N) is 1.